The van der Waals surface area contributed by atoms with Gasteiger partial charge in [0.25, 0.3) is 5.69 Å². The molecule has 0 spiro atoms. The fourth-order valence-corrected chi connectivity index (χ4v) is 2.48. The zero-order valence-corrected chi connectivity index (χ0v) is 13.3. The van der Waals surface area contributed by atoms with Crippen LogP contribution in [0.4, 0.5) is 5.69 Å². The van der Waals surface area contributed by atoms with Gasteiger partial charge in [-0.15, -0.1) is 0 Å². The summed E-state index contributed by atoms with van der Waals surface area (Å²) in [7, 11) is 0. The van der Waals surface area contributed by atoms with Crippen molar-refractivity contribution in [2.45, 2.75) is 20.4 Å². The number of nitrogens with two attached hydrogens (primary N) is 1. The predicted octanol–water partition coefficient (Wildman–Crippen LogP) is 4.23. The van der Waals surface area contributed by atoms with Crippen molar-refractivity contribution in [3.8, 4) is 11.5 Å². The normalized spacial score (nSPS) is 10.5. The first-order chi connectivity index (χ1) is 9.92. The van der Waals surface area contributed by atoms with E-state index in [2.05, 4.69) is 15.9 Å². The Hall–Kier alpha value is -1.92. The van der Waals surface area contributed by atoms with Crippen molar-refractivity contribution >= 4 is 21.6 Å². The minimum absolute atomic E-state index is 0.0968. The van der Waals surface area contributed by atoms with E-state index in [1.54, 1.807) is 19.9 Å². The number of nitro benzene ring substituents is 1. The molecule has 0 amide bonds. The van der Waals surface area contributed by atoms with Crippen LogP contribution in [0.1, 0.15) is 16.7 Å². The topological polar surface area (TPSA) is 78.4 Å². The third kappa shape index (κ3) is 3.40. The number of rotatable bonds is 4. The number of nitro groups is 1. The van der Waals surface area contributed by atoms with Gasteiger partial charge in [-0.2, -0.15) is 0 Å². The summed E-state index contributed by atoms with van der Waals surface area (Å²) in [4.78, 5) is 10.5. The summed E-state index contributed by atoms with van der Waals surface area (Å²) < 4.78 is 6.69. The van der Waals surface area contributed by atoms with Crippen molar-refractivity contribution in [3.05, 3.63) is 61.6 Å². The van der Waals surface area contributed by atoms with E-state index in [4.69, 9.17) is 10.5 Å². The lowest BCUT2D eigenvalue weighted by atomic mass is 10.1. The van der Waals surface area contributed by atoms with Crippen LogP contribution in [0, 0.1) is 24.0 Å². The Morgan fingerprint density at radius 3 is 2.52 bits per heavy atom. The molecule has 2 N–H and O–H groups in total. The van der Waals surface area contributed by atoms with Crippen molar-refractivity contribution < 1.29 is 9.66 Å². The molecule has 2 aromatic carbocycles. The van der Waals surface area contributed by atoms with E-state index >= 15 is 0 Å². The summed E-state index contributed by atoms with van der Waals surface area (Å²) >= 11 is 3.44. The Balaban J connectivity index is 2.34. The molecule has 0 saturated heterocycles. The van der Waals surface area contributed by atoms with Crippen LogP contribution < -0.4 is 10.5 Å². The van der Waals surface area contributed by atoms with Gasteiger partial charge in [-0.3, -0.25) is 10.1 Å². The van der Waals surface area contributed by atoms with E-state index in [0.29, 0.717) is 29.2 Å². The maximum Gasteiger partial charge on any atom is 0.272 e. The maximum atomic E-state index is 10.9. The molecule has 2 aromatic rings. The average molecular weight is 351 g/mol. The Bertz CT molecular complexity index is 702. The van der Waals surface area contributed by atoms with E-state index in [1.807, 2.05) is 18.2 Å². The molecule has 21 heavy (non-hydrogen) atoms. The maximum absolute atomic E-state index is 10.9. The highest BCUT2D eigenvalue weighted by molar-refractivity contribution is 9.10. The van der Waals surface area contributed by atoms with Crippen LogP contribution in [0.3, 0.4) is 0 Å². The van der Waals surface area contributed by atoms with E-state index in [9.17, 15) is 10.1 Å². The monoisotopic (exact) mass is 350 g/mol. The summed E-state index contributed by atoms with van der Waals surface area (Å²) in [5, 5.41) is 10.9. The van der Waals surface area contributed by atoms with Gasteiger partial charge in [0, 0.05) is 22.6 Å². The number of halogens is 1. The van der Waals surface area contributed by atoms with E-state index < -0.39 is 4.92 Å². The standard InChI is InChI=1S/C15H15BrN2O3/c1-9-6-15(10(2)5-14(9)18(19)20)21-12-4-3-11(8-17)13(16)7-12/h3-7H,8,17H2,1-2H3. The van der Waals surface area contributed by atoms with E-state index in [1.165, 1.54) is 6.07 Å². The average Bonchev–Trinajstić information content (AvgIpc) is 2.42. The Kier molecular flexibility index (Phi) is 4.59. The first-order valence-electron chi connectivity index (χ1n) is 6.34. The fraction of sp³-hybridized carbons (Fsp3) is 0.200. The molecule has 5 nitrogen and oxygen atoms in total. The van der Waals surface area contributed by atoms with Crippen LogP contribution in [0.25, 0.3) is 0 Å². The molecule has 0 aromatic heterocycles. The molecule has 0 fully saturated rings. The molecule has 0 saturated carbocycles. The Labute approximate surface area is 131 Å². The van der Waals surface area contributed by atoms with Crippen molar-refractivity contribution in [1.82, 2.24) is 0 Å². The third-order valence-electron chi connectivity index (χ3n) is 3.16. The van der Waals surface area contributed by atoms with Crippen molar-refractivity contribution in [1.29, 1.82) is 0 Å². The van der Waals surface area contributed by atoms with Crippen LogP contribution in [0.15, 0.2) is 34.8 Å². The molecule has 0 atom stereocenters. The minimum Gasteiger partial charge on any atom is -0.457 e. The van der Waals surface area contributed by atoms with Gasteiger partial charge in [-0.05, 0) is 43.2 Å². The van der Waals surface area contributed by atoms with Gasteiger partial charge in [-0.25, -0.2) is 0 Å². The zero-order valence-electron chi connectivity index (χ0n) is 11.7. The van der Waals surface area contributed by atoms with Crippen LogP contribution in [0.5, 0.6) is 11.5 Å². The van der Waals surface area contributed by atoms with Crippen LogP contribution in [0.2, 0.25) is 0 Å². The first-order valence-corrected chi connectivity index (χ1v) is 7.13. The van der Waals surface area contributed by atoms with Crippen molar-refractivity contribution in [2.24, 2.45) is 5.73 Å². The summed E-state index contributed by atoms with van der Waals surface area (Å²) in [6, 6.07) is 8.74. The Morgan fingerprint density at radius 1 is 1.24 bits per heavy atom. The minimum atomic E-state index is -0.390. The quantitative estimate of drug-likeness (QED) is 0.661. The van der Waals surface area contributed by atoms with Gasteiger partial charge in [0.05, 0.1) is 4.92 Å². The number of hydrogen-bond acceptors (Lipinski definition) is 4. The molecule has 6 heteroatoms. The van der Waals surface area contributed by atoms with Gasteiger partial charge in [0.15, 0.2) is 0 Å². The zero-order chi connectivity index (χ0) is 15.6. The predicted molar refractivity (Wildman–Crippen MR) is 84.7 cm³/mol. The van der Waals surface area contributed by atoms with Crippen LogP contribution in [-0.4, -0.2) is 4.92 Å². The molecule has 0 radical (unpaired) electrons. The van der Waals surface area contributed by atoms with E-state index in [-0.39, 0.29) is 5.69 Å². The summed E-state index contributed by atoms with van der Waals surface area (Å²) in [6.45, 7) is 3.92. The van der Waals surface area contributed by atoms with Crippen molar-refractivity contribution in [2.75, 3.05) is 0 Å². The number of ether oxygens (including phenoxy) is 1. The highest BCUT2D eigenvalue weighted by Crippen LogP contribution is 2.32. The Morgan fingerprint density at radius 2 is 1.95 bits per heavy atom. The number of aryl methyl sites for hydroxylation is 2. The lowest BCUT2D eigenvalue weighted by Crippen LogP contribution is -1.98. The van der Waals surface area contributed by atoms with Gasteiger partial charge < -0.3 is 10.5 Å². The molecule has 2 rings (SSSR count). The fourth-order valence-electron chi connectivity index (χ4n) is 1.97. The summed E-state index contributed by atoms with van der Waals surface area (Å²) in [6.07, 6.45) is 0. The first kappa shape index (κ1) is 15.5. The number of benzene rings is 2. The molecule has 0 bridgehead atoms. The number of nitrogens with zero attached hydrogens (tertiary/aromatic N) is 1. The molecule has 110 valence electrons. The van der Waals surface area contributed by atoms with Gasteiger partial charge in [0.1, 0.15) is 11.5 Å². The smallest absolute Gasteiger partial charge is 0.272 e. The molecular weight excluding hydrogens is 336 g/mol. The molecule has 0 aliphatic carbocycles. The third-order valence-corrected chi connectivity index (χ3v) is 3.90. The largest absolute Gasteiger partial charge is 0.457 e. The van der Waals surface area contributed by atoms with Crippen LogP contribution >= 0.6 is 15.9 Å². The molecule has 0 aliphatic rings. The SMILES string of the molecule is Cc1cc([N+](=O)[O-])c(C)cc1Oc1ccc(CN)c(Br)c1. The molecule has 0 aliphatic heterocycles. The molecule has 0 unspecified atom stereocenters. The van der Waals surface area contributed by atoms with Crippen molar-refractivity contribution in [3.63, 3.8) is 0 Å². The highest BCUT2D eigenvalue weighted by atomic mass is 79.9. The van der Waals surface area contributed by atoms with E-state index in [0.717, 1.165) is 10.0 Å². The second-order valence-electron chi connectivity index (χ2n) is 4.72. The van der Waals surface area contributed by atoms with Gasteiger partial charge >= 0.3 is 0 Å². The highest BCUT2D eigenvalue weighted by Gasteiger charge is 2.14. The molecule has 0 heterocycles. The summed E-state index contributed by atoms with van der Waals surface area (Å²) in [5.41, 5.74) is 7.97. The molecular formula is C15H15BrN2O3. The second kappa shape index (κ2) is 6.24. The van der Waals surface area contributed by atoms with Crippen LogP contribution in [-0.2, 0) is 6.54 Å². The lowest BCUT2D eigenvalue weighted by Gasteiger charge is -2.11. The second-order valence-corrected chi connectivity index (χ2v) is 5.58. The number of hydrogen-bond donors (Lipinski definition) is 1. The lowest BCUT2D eigenvalue weighted by molar-refractivity contribution is -0.385. The van der Waals surface area contributed by atoms with Gasteiger partial charge in [0.2, 0.25) is 0 Å². The summed E-state index contributed by atoms with van der Waals surface area (Å²) in [5.74, 6) is 1.25. The van der Waals surface area contributed by atoms with Gasteiger partial charge in [-0.1, -0.05) is 22.0 Å².